The van der Waals surface area contributed by atoms with Gasteiger partial charge in [-0.2, -0.15) is 0 Å². The highest BCUT2D eigenvalue weighted by molar-refractivity contribution is 7.13. The molecule has 1 heteroatoms. The minimum absolute atomic E-state index is 0.742. The maximum absolute atomic E-state index is 2.35. The molecular formula is C11H14S. The van der Waals surface area contributed by atoms with Crippen molar-refractivity contribution in [2.24, 2.45) is 5.92 Å². The van der Waals surface area contributed by atoms with Crippen molar-refractivity contribution in [3.63, 3.8) is 0 Å². The van der Waals surface area contributed by atoms with Crippen LogP contribution in [-0.4, -0.2) is 0 Å². The molecule has 0 radical (unpaired) electrons. The van der Waals surface area contributed by atoms with Crippen LogP contribution in [0.3, 0.4) is 0 Å². The maximum atomic E-state index is 2.35. The van der Waals surface area contributed by atoms with Gasteiger partial charge in [-0.15, -0.1) is 11.3 Å². The Morgan fingerprint density at radius 1 is 1.42 bits per heavy atom. The van der Waals surface area contributed by atoms with Crippen LogP contribution < -0.4 is 0 Å². The van der Waals surface area contributed by atoms with Crippen molar-refractivity contribution in [1.82, 2.24) is 0 Å². The fourth-order valence-electron chi connectivity index (χ4n) is 1.71. The Bertz CT molecular complexity index is 331. The van der Waals surface area contributed by atoms with Gasteiger partial charge in [0.1, 0.15) is 0 Å². The molecule has 1 unspecified atom stereocenters. The minimum atomic E-state index is 0.742. The molecule has 0 N–H and O–H groups in total. The average molecular weight is 178 g/mol. The van der Waals surface area contributed by atoms with E-state index in [1.54, 1.807) is 5.56 Å². The van der Waals surface area contributed by atoms with E-state index >= 15 is 0 Å². The van der Waals surface area contributed by atoms with Gasteiger partial charge in [0.25, 0.3) is 0 Å². The van der Waals surface area contributed by atoms with Crippen molar-refractivity contribution < 1.29 is 0 Å². The Balaban J connectivity index is 2.48. The number of hydrogen-bond donors (Lipinski definition) is 0. The average Bonchev–Trinajstić information content (AvgIpc) is 2.30. The van der Waals surface area contributed by atoms with Gasteiger partial charge in [0.15, 0.2) is 0 Å². The number of allylic oxidation sites excluding steroid dienone is 1. The van der Waals surface area contributed by atoms with Gasteiger partial charge in [-0.25, -0.2) is 0 Å². The fraction of sp³-hybridized carbons (Fsp3) is 0.455. The number of rotatable bonds is 0. The molecule has 1 aromatic heterocycles. The summed E-state index contributed by atoms with van der Waals surface area (Å²) in [6, 6.07) is 2.33. The number of fused-ring (bicyclic) bond motifs is 1. The predicted molar refractivity (Wildman–Crippen MR) is 55.6 cm³/mol. The molecule has 2 rings (SSSR count). The first-order valence-corrected chi connectivity index (χ1v) is 5.26. The van der Waals surface area contributed by atoms with E-state index in [9.17, 15) is 0 Å². The van der Waals surface area contributed by atoms with Crippen LogP contribution in [0.2, 0.25) is 0 Å². The van der Waals surface area contributed by atoms with E-state index in [2.05, 4.69) is 32.9 Å². The van der Waals surface area contributed by atoms with Gasteiger partial charge in [0.05, 0.1) is 0 Å². The summed E-state index contributed by atoms with van der Waals surface area (Å²) >= 11 is 1.92. The Hall–Kier alpha value is -0.560. The quantitative estimate of drug-likeness (QED) is 0.569. The molecule has 0 aromatic carbocycles. The van der Waals surface area contributed by atoms with Crippen LogP contribution in [0.25, 0.3) is 6.08 Å². The Morgan fingerprint density at radius 3 is 2.92 bits per heavy atom. The second kappa shape index (κ2) is 2.74. The summed E-state index contributed by atoms with van der Waals surface area (Å²) in [5.74, 6) is 0.742. The zero-order chi connectivity index (χ0) is 8.72. The summed E-state index contributed by atoms with van der Waals surface area (Å²) in [4.78, 5) is 2.93. The van der Waals surface area contributed by atoms with Crippen LogP contribution in [0, 0.1) is 12.8 Å². The lowest BCUT2D eigenvalue weighted by molar-refractivity contribution is 0.675. The molecule has 1 aliphatic rings. The van der Waals surface area contributed by atoms with Crippen molar-refractivity contribution in [3.05, 3.63) is 27.0 Å². The standard InChI is InChI=1S/C11H14S/c1-7-4-10-6-9(3)12-11(10)5-8(7)2/h5-7H,4H2,1-3H3. The van der Waals surface area contributed by atoms with Crippen molar-refractivity contribution >= 4 is 17.4 Å². The minimum Gasteiger partial charge on any atom is -0.141 e. The van der Waals surface area contributed by atoms with Crippen molar-refractivity contribution in [2.45, 2.75) is 27.2 Å². The van der Waals surface area contributed by atoms with Crippen molar-refractivity contribution in [1.29, 1.82) is 0 Å². The fourth-order valence-corrected chi connectivity index (χ4v) is 2.77. The third kappa shape index (κ3) is 1.22. The molecule has 1 aromatic rings. The van der Waals surface area contributed by atoms with Crippen LogP contribution in [0.5, 0.6) is 0 Å². The number of hydrogen-bond acceptors (Lipinski definition) is 1. The van der Waals surface area contributed by atoms with Gasteiger partial charge < -0.3 is 0 Å². The first-order chi connectivity index (χ1) is 5.66. The smallest absolute Gasteiger partial charge is 0.0304 e. The highest BCUT2D eigenvalue weighted by Gasteiger charge is 2.16. The Kier molecular flexibility index (Phi) is 1.84. The molecule has 1 aliphatic carbocycles. The molecule has 0 spiro atoms. The summed E-state index contributed by atoms with van der Waals surface area (Å²) < 4.78 is 0. The highest BCUT2D eigenvalue weighted by atomic mass is 32.1. The van der Waals surface area contributed by atoms with E-state index < -0.39 is 0 Å². The lowest BCUT2D eigenvalue weighted by Crippen LogP contribution is -2.05. The Labute approximate surface area is 77.9 Å². The van der Waals surface area contributed by atoms with Crippen LogP contribution in [0.15, 0.2) is 11.6 Å². The summed E-state index contributed by atoms with van der Waals surface area (Å²) in [7, 11) is 0. The van der Waals surface area contributed by atoms with Crippen molar-refractivity contribution in [2.75, 3.05) is 0 Å². The third-order valence-corrected chi connectivity index (χ3v) is 3.67. The van der Waals surface area contributed by atoms with Gasteiger partial charge in [-0.3, -0.25) is 0 Å². The van der Waals surface area contributed by atoms with E-state index in [1.807, 2.05) is 11.3 Å². The van der Waals surface area contributed by atoms with Crippen LogP contribution in [-0.2, 0) is 6.42 Å². The summed E-state index contributed by atoms with van der Waals surface area (Å²) in [5.41, 5.74) is 3.08. The SMILES string of the molecule is CC1=Cc2sc(C)cc2CC1C. The summed E-state index contributed by atoms with van der Waals surface area (Å²) in [5, 5.41) is 0. The summed E-state index contributed by atoms with van der Waals surface area (Å²) in [6.07, 6.45) is 3.59. The van der Waals surface area contributed by atoms with E-state index in [0.29, 0.717) is 0 Å². The summed E-state index contributed by atoms with van der Waals surface area (Å²) in [6.45, 7) is 6.74. The second-order valence-corrected chi connectivity index (χ2v) is 5.03. The van der Waals surface area contributed by atoms with E-state index in [0.717, 1.165) is 5.92 Å². The topological polar surface area (TPSA) is 0 Å². The first-order valence-electron chi connectivity index (χ1n) is 4.44. The van der Waals surface area contributed by atoms with Crippen LogP contribution in [0.4, 0.5) is 0 Å². The normalized spacial score (nSPS) is 21.9. The largest absolute Gasteiger partial charge is 0.141 e. The molecule has 1 heterocycles. The lowest BCUT2D eigenvalue weighted by atomic mass is 9.89. The second-order valence-electron chi connectivity index (χ2n) is 3.74. The molecular weight excluding hydrogens is 164 g/mol. The molecule has 1 atom stereocenters. The molecule has 0 saturated heterocycles. The van der Waals surface area contributed by atoms with Gasteiger partial charge in [0.2, 0.25) is 0 Å². The Morgan fingerprint density at radius 2 is 2.17 bits per heavy atom. The van der Waals surface area contributed by atoms with Crippen LogP contribution >= 0.6 is 11.3 Å². The lowest BCUT2D eigenvalue weighted by Gasteiger charge is -2.17. The molecule has 0 nitrogen and oxygen atoms in total. The van der Waals surface area contributed by atoms with E-state index in [4.69, 9.17) is 0 Å². The van der Waals surface area contributed by atoms with Gasteiger partial charge in [-0.1, -0.05) is 12.5 Å². The van der Waals surface area contributed by atoms with Gasteiger partial charge in [0, 0.05) is 9.75 Å². The van der Waals surface area contributed by atoms with E-state index in [1.165, 1.54) is 21.7 Å². The predicted octanol–water partition coefficient (Wildman–Crippen LogP) is 3.65. The molecule has 0 aliphatic heterocycles. The monoisotopic (exact) mass is 178 g/mol. The number of thiophene rings is 1. The molecule has 64 valence electrons. The molecule has 0 amide bonds. The third-order valence-electron chi connectivity index (χ3n) is 2.63. The van der Waals surface area contributed by atoms with E-state index in [-0.39, 0.29) is 0 Å². The zero-order valence-corrected chi connectivity index (χ0v) is 8.66. The van der Waals surface area contributed by atoms with Gasteiger partial charge in [-0.05, 0) is 43.9 Å². The van der Waals surface area contributed by atoms with Gasteiger partial charge >= 0.3 is 0 Å². The van der Waals surface area contributed by atoms with Crippen molar-refractivity contribution in [3.8, 4) is 0 Å². The number of aryl methyl sites for hydroxylation is 1. The highest BCUT2D eigenvalue weighted by Crippen LogP contribution is 2.33. The molecule has 0 saturated carbocycles. The molecule has 0 fully saturated rings. The molecule has 12 heavy (non-hydrogen) atoms. The maximum Gasteiger partial charge on any atom is 0.0304 e. The first kappa shape index (κ1) is 8.06. The zero-order valence-electron chi connectivity index (χ0n) is 7.85. The molecule has 0 bridgehead atoms. The van der Waals surface area contributed by atoms with Crippen LogP contribution in [0.1, 0.15) is 29.2 Å².